The largest absolute Gasteiger partial charge is 0.399 e. The van der Waals surface area contributed by atoms with Crippen LogP contribution in [0, 0.1) is 3.57 Å². The Morgan fingerprint density at radius 1 is 1.62 bits per heavy atom. The van der Waals surface area contributed by atoms with Gasteiger partial charge >= 0.3 is 0 Å². The molecular formula is C9H9BrINO. The Morgan fingerprint density at radius 3 is 2.77 bits per heavy atom. The van der Waals surface area contributed by atoms with Gasteiger partial charge in [-0.3, -0.25) is 4.79 Å². The number of benzene rings is 1. The van der Waals surface area contributed by atoms with Gasteiger partial charge < -0.3 is 5.73 Å². The van der Waals surface area contributed by atoms with Crippen molar-refractivity contribution in [1.29, 1.82) is 0 Å². The fourth-order valence-corrected chi connectivity index (χ4v) is 1.79. The van der Waals surface area contributed by atoms with Gasteiger partial charge in [-0.05, 0) is 47.7 Å². The molecule has 2 nitrogen and oxygen atoms in total. The van der Waals surface area contributed by atoms with Crippen LogP contribution in [-0.2, 0) is 0 Å². The number of Topliss-reactive ketones (excluding diaryl/α,β-unsaturated/α-hetero) is 1. The number of hydrogen-bond donors (Lipinski definition) is 1. The predicted octanol–water partition coefficient (Wildman–Crippen LogP) is 2.84. The van der Waals surface area contributed by atoms with Crippen LogP contribution in [0.15, 0.2) is 18.2 Å². The standard InChI is InChI=1S/C9H9BrINO/c1-5(10)9(13)7-4-6(12)2-3-8(7)11/h2-5H,12H2,1H3. The highest BCUT2D eigenvalue weighted by atomic mass is 127. The number of anilines is 1. The average Bonchev–Trinajstić information content (AvgIpc) is 2.08. The molecule has 1 aromatic carbocycles. The summed E-state index contributed by atoms with van der Waals surface area (Å²) in [6, 6.07) is 5.35. The molecule has 0 aliphatic carbocycles. The van der Waals surface area contributed by atoms with E-state index in [0.29, 0.717) is 11.3 Å². The van der Waals surface area contributed by atoms with E-state index in [0.717, 1.165) is 3.57 Å². The highest BCUT2D eigenvalue weighted by molar-refractivity contribution is 14.1. The van der Waals surface area contributed by atoms with Crippen molar-refractivity contribution >= 4 is 50.0 Å². The monoisotopic (exact) mass is 353 g/mol. The van der Waals surface area contributed by atoms with E-state index in [2.05, 4.69) is 38.5 Å². The Bertz CT molecular complexity index is 338. The number of carbonyl (C=O) groups excluding carboxylic acids is 1. The predicted molar refractivity (Wildman–Crippen MR) is 66.3 cm³/mol. The summed E-state index contributed by atoms with van der Waals surface area (Å²) in [7, 11) is 0. The van der Waals surface area contributed by atoms with Gasteiger partial charge in [0.05, 0.1) is 4.83 Å². The molecule has 1 unspecified atom stereocenters. The lowest BCUT2D eigenvalue weighted by atomic mass is 10.1. The fourth-order valence-electron chi connectivity index (χ4n) is 0.946. The number of ketones is 1. The number of hydrogen-bond acceptors (Lipinski definition) is 2. The maximum Gasteiger partial charge on any atom is 0.177 e. The molecule has 1 aromatic rings. The Kier molecular flexibility index (Phi) is 3.73. The summed E-state index contributed by atoms with van der Waals surface area (Å²) in [6.07, 6.45) is 0. The van der Waals surface area contributed by atoms with Gasteiger partial charge in [-0.25, -0.2) is 0 Å². The molecule has 0 spiro atoms. The number of nitrogen functional groups attached to an aromatic ring is 1. The molecule has 4 heteroatoms. The normalized spacial score (nSPS) is 12.5. The first-order chi connectivity index (χ1) is 6.02. The third kappa shape index (κ3) is 2.67. The second-order valence-corrected chi connectivity index (χ2v) is 5.26. The van der Waals surface area contributed by atoms with E-state index in [1.807, 2.05) is 13.0 Å². The van der Waals surface area contributed by atoms with Crippen molar-refractivity contribution in [2.24, 2.45) is 0 Å². The Hall–Kier alpha value is -0.100. The zero-order chi connectivity index (χ0) is 10.0. The summed E-state index contributed by atoms with van der Waals surface area (Å²) in [6.45, 7) is 1.81. The number of alkyl halides is 1. The van der Waals surface area contributed by atoms with Gasteiger partial charge in [-0.15, -0.1) is 0 Å². The lowest BCUT2D eigenvalue weighted by Gasteiger charge is -2.06. The first kappa shape index (κ1) is 11.0. The molecule has 0 aromatic heterocycles. The van der Waals surface area contributed by atoms with Crippen LogP contribution in [0.5, 0.6) is 0 Å². The summed E-state index contributed by atoms with van der Waals surface area (Å²) in [4.78, 5) is 11.4. The van der Waals surface area contributed by atoms with E-state index in [9.17, 15) is 4.79 Å². The van der Waals surface area contributed by atoms with Crippen LogP contribution in [0.3, 0.4) is 0 Å². The summed E-state index contributed by atoms with van der Waals surface area (Å²) in [5, 5.41) is 0. The van der Waals surface area contributed by atoms with Crippen molar-refractivity contribution < 1.29 is 4.79 Å². The highest BCUT2D eigenvalue weighted by Gasteiger charge is 2.14. The van der Waals surface area contributed by atoms with Crippen molar-refractivity contribution in [2.75, 3.05) is 5.73 Å². The first-order valence-corrected chi connectivity index (χ1v) is 5.75. The van der Waals surface area contributed by atoms with Crippen LogP contribution in [0.1, 0.15) is 17.3 Å². The summed E-state index contributed by atoms with van der Waals surface area (Å²) in [5.41, 5.74) is 6.90. The molecule has 2 N–H and O–H groups in total. The van der Waals surface area contributed by atoms with Crippen LogP contribution in [-0.4, -0.2) is 10.6 Å². The van der Waals surface area contributed by atoms with Crippen molar-refractivity contribution in [2.45, 2.75) is 11.8 Å². The molecular weight excluding hydrogens is 345 g/mol. The van der Waals surface area contributed by atoms with Gasteiger partial charge in [-0.1, -0.05) is 15.9 Å². The van der Waals surface area contributed by atoms with Gasteiger partial charge in [-0.2, -0.15) is 0 Å². The van der Waals surface area contributed by atoms with Gasteiger partial charge in [0.1, 0.15) is 0 Å². The van der Waals surface area contributed by atoms with Crippen LogP contribution in [0.4, 0.5) is 5.69 Å². The van der Waals surface area contributed by atoms with Crippen LogP contribution in [0.25, 0.3) is 0 Å². The fraction of sp³-hybridized carbons (Fsp3) is 0.222. The molecule has 1 atom stereocenters. The molecule has 70 valence electrons. The van der Waals surface area contributed by atoms with E-state index in [4.69, 9.17) is 5.73 Å². The Balaban J connectivity index is 3.13. The molecule has 0 saturated heterocycles. The van der Waals surface area contributed by atoms with Gasteiger partial charge in [0.2, 0.25) is 0 Å². The quantitative estimate of drug-likeness (QED) is 0.384. The van der Waals surface area contributed by atoms with Crippen molar-refractivity contribution in [1.82, 2.24) is 0 Å². The molecule has 0 radical (unpaired) electrons. The molecule has 0 amide bonds. The van der Waals surface area contributed by atoms with E-state index in [1.165, 1.54) is 0 Å². The minimum atomic E-state index is -0.164. The smallest absolute Gasteiger partial charge is 0.177 e. The molecule has 1 rings (SSSR count). The average molecular weight is 354 g/mol. The van der Waals surface area contributed by atoms with Crippen molar-refractivity contribution in [3.63, 3.8) is 0 Å². The SMILES string of the molecule is CC(Br)C(=O)c1cc(N)ccc1I. The lowest BCUT2D eigenvalue weighted by Crippen LogP contribution is -2.12. The Morgan fingerprint density at radius 2 is 2.23 bits per heavy atom. The van der Waals surface area contributed by atoms with Crippen molar-refractivity contribution in [3.8, 4) is 0 Å². The van der Waals surface area contributed by atoms with E-state index >= 15 is 0 Å². The van der Waals surface area contributed by atoms with E-state index < -0.39 is 0 Å². The summed E-state index contributed by atoms with van der Waals surface area (Å²) < 4.78 is 0.933. The minimum Gasteiger partial charge on any atom is -0.399 e. The summed E-state index contributed by atoms with van der Waals surface area (Å²) in [5.74, 6) is 0.0664. The molecule has 0 aliphatic rings. The van der Waals surface area contributed by atoms with E-state index in [-0.39, 0.29) is 10.6 Å². The molecule has 0 aliphatic heterocycles. The number of nitrogens with two attached hydrogens (primary N) is 1. The Labute approximate surface area is 99.2 Å². The number of rotatable bonds is 2. The number of halogens is 2. The van der Waals surface area contributed by atoms with Gasteiger partial charge in [0, 0.05) is 14.8 Å². The number of carbonyl (C=O) groups is 1. The second-order valence-electron chi connectivity index (χ2n) is 2.72. The lowest BCUT2D eigenvalue weighted by molar-refractivity contribution is 0.0995. The topological polar surface area (TPSA) is 43.1 Å². The van der Waals surface area contributed by atoms with Gasteiger partial charge in [0.25, 0.3) is 0 Å². The van der Waals surface area contributed by atoms with Crippen LogP contribution < -0.4 is 5.73 Å². The van der Waals surface area contributed by atoms with E-state index in [1.54, 1.807) is 12.1 Å². The summed E-state index contributed by atoms with van der Waals surface area (Å²) >= 11 is 5.37. The van der Waals surface area contributed by atoms with Crippen molar-refractivity contribution in [3.05, 3.63) is 27.3 Å². The zero-order valence-corrected chi connectivity index (χ0v) is 10.8. The maximum atomic E-state index is 11.6. The third-order valence-corrected chi connectivity index (χ3v) is 2.97. The zero-order valence-electron chi connectivity index (χ0n) is 7.05. The molecule has 0 fully saturated rings. The maximum absolute atomic E-state index is 11.6. The van der Waals surface area contributed by atoms with Crippen LogP contribution >= 0.6 is 38.5 Å². The highest BCUT2D eigenvalue weighted by Crippen LogP contribution is 2.19. The third-order valence-electron chi connectivity index (χ3n) is 1.62. The molecule has 13 heavy (non-hydrogen) atoms. The van der Waals surface area contributed by atoms with Gasteiger partial charge in [0.15, 0.2) is 5.78 Å². The van der Waals surface area contributed by atoms with Crippen LogP contribution in [0.2, 0.25) is 0 Å². The molecule has 0 heterocycles. The molecule has 0 bridgehead atoms. The first-order valence-electron chi connectivity index (χ1n) is 3.75. The minimum absolute atomic E-state index is 0.0664. The molecule has 0 saturated carbocycles. The second kappa shape index (κ2) is 4.41.